The van der Waals surface area contributed by atoms with Gasteiger partial charge >= 0.3 is 0 Å². The Labute approximate surface area is 137 Å². The Morgan fingerprint density at radius 2 is 1.74 bits per heavy atom. The summed E-state index contributed by atoms with van der Waals surface area (Å²) in [4.78, 5) is 0. The molecule has 1 aromatic rings. The second kappa shape index (κ2) is 7.16. The van der Waals surface area contributed by atoms with Crippen molar-refractivity contribution in [2.24, 2.45) is 11.8 Å². The van der Waals surface area contributed by atoms with E-state index in [-0.39, 0.29) is 11.7 Å². The van der Waals surface area contributed by atoms with Crippen molar-refractivity contribution in [2.75, 3.05) is 13.7 Å². The van der Waals surface area contributed by atoms with Gasteiger partial charge in [0, 0.05) is 6.61 Å². The molecule has 128 valence electrons. The quantitative estimate of drug-likeness (QED) is 0.770. The molecular formula is C19H26F2O2. The molecule has 4 heteroatoms. The molecule has 2 aliphatic rings. The molecule has 0 amide bonds. The maximum absolute atomic E-state index is 14.3. The summed E-state index contributed by atoms with van der Waals surface area (Å²) in [7, 11) is 1.36. The lowest BCUT2D eigenvalue weighted by molar-refractivity contribution is -0.00971. The summed E-state index contributed by atoms with van der Waals surface area (Å²) in [5.74, 6) is -0.168. The van der Waals surface area contributed by atoms with E-state index in [1.807, 2.05) is 6.92 Å². The molecule has 0 saturated heterocycles. The van der Waals surface area contributed by atoms with Gasteiger partial charge < -0.3 is 9.47 Å². The number of hydrogen-bond acceptors (Lipinski definition) is 2. The van der Waals surface area contributed by atoms with Gasteiger partial charge in [0.15, 0.2) is 11.6 Å². The zero-order valence-electron chi connectivity index (χ0n) is 14.0. The van der Waals surface area contributed by atoms with E-state index in [1.165, 1.54) is 7.11 Å². The molecule has 0 heterocycles. The standard InChI is InChI=1S/C19H26F2O2/c1-3-23-15-7-6-12-10-14(5-4-13(12)11-15)16-8-9-17(22-2)19(21)18(16)20/h8-9,12-15H,3-7,10-11H2,1-2H3. The molecule has 2 fully saturated rings. The van der Waals surface area contributed by atoms with Crippen LogP contribution in [0.4, 0.5) is 8.78 Å². The summed E-state index contributed by atoms with van der Waals surface area (Å²) in [5, 5.41) is 0. The number of ether oxygens (including phenoxy) is 2. The molecule has 0 N–H and O–H groups in total. The van der Waals surface area contributed by atoms with Gasteiger partial charge in [-0.2, -0.15) is 4.39 Å². The fourth-order valence-electron chi connectivity index (χ4n) is 4.54. The molecular weight excluding hydrogens is 298 g/mol. The third-order valence-electron chi connectivity index (χ3n) is 5.70. The van der Waals surface area contributed by atoms with E-state index >= 15 is 0 Å². The monoisotopic (exact) mass is 324 g/mol. The fourth-order valence-corrected chi connectivity index (χ4v) is 4.54. The van der Waals surface area contributed by atoms with Gasteiger partial charge in [0.1, 0.15) is 0 Å². The summed E-state index contributed by atoms with van der Waals surface area (Å²) in [6.07, 6.45) is 6.76. The Bertz CT molecular complexity index is 546. The predicted molar refractivity (Wildman–Crippen MR) is 85.7 cm³/mol. The van der Waals surface area contributed by atoms with Crippen molar-refractivity contribution in [1.82, 2.24) is 0 Å². The number of halogens is 2. The minimum absolute atomic E-state index is 0.0165. The number of hydrogen-bond donors (Lipinski definition) is 0. The van der Waals surface area contributed by atoms with Gasteiger partial charge in [-0.15, -0.1) is 0 Å². The lowest BCUT2D eigenvalue weighted by atomic mass is 9.65. The number of benzene rings is 1. The maximum atomic E-state index is 14.3. The van der Waals surface area contributed by atoms with Crippen LogP contribution in [0.3, 0.4) is 0 Å². The fraction of sp³-hybridized carbons (Fsp3) is 0.684. The van der Waals surface area contributed by atoms with E-state index < -0.39 is 11.6 Å². The topological polar surface area (TPSA) is 18.5 Å². The summed E-state index contributed by atoms with van der Waals surface area (Å²) in [5.41, 5.74) is 0.522. The van der Waals surface area contributed by atoms with Crippen molar-refractivity contribution < 1.29 is 18.3 Å². The minimum Gasteiger partial charge on any atom is -0.494 e. The Kier molecular flexibility index (Phi) is 5.20. The first kappa shape index (κ1) is 16.7. The van der Waals surface area contributed by atoms with Crippen LogP contribution >= 0.6 is 0 Å². The van der Waals surface area contributed by atoms with E-state index in [4.69, 9.17) is 9.47 Å². The van der Waals surface area contributed by atoms with E-state index in [1.54, 1.807) is 12.1 Å². The normalized spacial score (nSPS) is 30.8. The molecule has 1 aromatic carbocycles. The lowest BCUT2D eigenvalue weighted by Crippen LogP contribution is -2.34. The highest BCUT2D eigenvalue weighted by molar-refractivity contribution is 5.33. The first-order chi connectivity index (χ1) is 11.1. The van der Waals surface area contributed by atoms with Crippen molar-refractivity contribution in [1.29, 1.82) is 0 Å². The molecule has 2 aliphatic carbocycles. The Morgan fingerprint density at radius 3 is 2.48 bits per heavy atom. The summed E-state index contributed by atoms with van der Waals surface area (Å²) >= 11 is 0. The van der Waals surface area contributed by atoms with Gasteiger partial charge in [0.2, 0.25) is 5.82 Å². The van der Waals surface area contributed by atoms with Gasteiger partial charge in [0.05, 0.1) is 13.2 Å². The highest BCUT2D eigenvalue weighted by Gasteiger charge is 2.37. The van der Waals surface area contributed by atoms with Crippen LogP contribution in [0.15, 0.2) is 12.1 Å². The largest absolute Gasteiger partial charge is 0.494 e. The Hall–Kier alpha value is -1.16. The van der Waals surface area contributed by atoms with Crippen molar-refractivity contribution in [3.8, 4) is 5.75 Å². The average Bonchev–Trinajstić information content (AvgIpc) is 2.57. The smallest absolute Gasteiger partial charge is 0.200 e. The van der Waals surface area contributed by atoms with E-state index in [0.717, 1.165) is 45.1 Å². The van der Waals surface area contributed by atoms with Crippen LogP contribution in [0.2, 0.25) is 0 Å². The molecule has 23 heavy (non-hydrogen) atoms. The number of rotatable bonds is 4. The lowest BCUT2D eigenvalue weighted by Gasteiger charge is -2.42. The van der Waals surface area contributed by atoms with Crippen molar-refractivity contribution in [2.45, 2.75) is 57.5 Å². The minimum atomic E-state index is -0.854. The summed E-state index contributed by atoms with van der Waals surface area (Å²) in [6.45, 7) is 2.82. The molecule has 0 aliphatic heterocycles. The second-order valence-electron chi connectivity index (χ2n) is 6.91. The molecule has 4 atom stereocenters. The highest BCUT2D eigenvalue weighted by atomic mass is 19.2. The van der Waals surface area contributed by atoms with Gasteiger partial charge in [-0.3, -0.25) is 0 Å². The molecule has 0 aromatic heterocycles. The van der Waals surface area contributed by atoms with E-state index in [9.17, 15) is 8.78 Å². The van der Waals surface area contributed by atoms with Crippen molar-refractivity contribution in [3.05, 3.63) is 29.3 Å². The predicted octanol–water partition coefficient (Wildman–Crippen LogP) is 5.06. The molecule has 0 bridgehead atoms. The molecule has 0 radical (unpaired) electrons. The zero-order chi connectivity index (χ0) is 16.4. The van der Waals surface area contributed by atoms with Crippen LogP contribution < -0.4 is 4.74 Å². The van der Waals surface area contributed by atoms with E-state index in [2.05, 4.69) is 0 Å². The van der Waals surface area contributed by atoms with Crippen LogP contribution in [0, 0.1) is 23.5 Å². The summed E-state index contributed by atoms with van der Waals surface area (Å²) in [6, 6.07) is 3.25. The highest BCUT2D eigenvalue weighted by Crippen LogP contribution is 2.47. The third kappa shape index (κ3) is 3.37. The van der Waals surface area contributed by atoms with Crippen LogP contribution in [0.25, 0.3) is 0 Å². The van der Waals surface area contributed by atoms with Crippen molar-refractivity contribution in [3.63, 3.8) is 0 Å². The summed E-state index contributed by atoms with van der Waals surface area (Å²) < 4.78 is 39.0. The number of fused-ring (bicyclic) bond motifs is 1. The number of methoxy groups -OCH3 is 1. The molecule has 0 spiro atoms. The van der Waals surface area contributed by atoms with Gasteiger partial charge in [0.25, 0.3) is 0 Å². The molecule has 4 unspecified atom stereocenters. The Balaban J connectivity index is 1.70. The first-order valence-electron chi connectivity index (χ1n) is 8.77. The van der Waals surface area contributed by atoms with Crippen LogP contribution in [-0.2, 0) is 4.74 Å². The Morgan fingerprint density at radius 1 is 1.00 bits per heavy atom. The average molecular weight is 324 g/mol. The zero-order valence-corrected chi connectivity index (χ0v) is 14.0. The third-order valence-corrected chi connectivity index (χ3v) is 5.70. The maximum Gasteiger partial charge on any atom is 0.200 e. The van der Waals surface area contributed by atoms with Crippen LogP contribution in [0.5, 0.6) is 5.75 Å². The van der Waals surface area contributed by atoms with Crippen LogP contribution in [-0.4, -0.2) is 19.8 Å². The second-order valence-corrected chi connectivity index (χ2v) is 6.91. The van der Waals surface area contributed by atoms with Gasteiger partial charge in [-0.05, 0) is 74.8 Å². The van der Waals surface area contributed by atoms with E-state index in [0.29, 0.717) is 23.5 Å². The van der Waals surface area contributed by atoms with Gasteiger partial charge in [-0.1, -0.05) is 6.07 Å². The molecule has 3 rings (SSSR count). The first-order valence-corrected chi connectivity index (χ1v) is 8.77. The SMILES string of the molecule is CCOC1CCC2CC(c3ccc(OC)c(F)c3F)CCC2C1. The van der Waals surface area contributed by atoms with Crippen LogP contribution in [0.1, 0.15) is 56.9 Å². The molecule has 2 saturated carbocycles. The molecule has 2 nitrogen and oxygen atoms in total. The van der Waals surface area contributed by atoms with Crippen molar-refractivity contribution >= 4 is 0 Å². The van der Waals surface area contributed by atoms with Gasteiger partial charge in [-0.25, -0.2) is 4.39 Å².